The van der Waals surface area contributed by atoms with Gasteiger partial charge in [-0.1, -0.05) is 12.1 Å². The van der Waals surface area contributed by atoms with Crippen molar-refractivity contribution in [2.45, 2.75) is 6.92 Å². The van der Waals surface area contributed by atoms with Gasteiger partial charge in [-0.15, -0.1) is 0 Å². The molecule has 0 aliphatic rings. The monoisotopic (exact) mass is 511 g/mol. The van der Waals surface area contributed by atoms with Crippen molar-refractivity contribution < 1.29 is 29.3 Å². The van der Waals surface area contributed by atoms with Gasteiger partial charge in [0.15, 0.2) is 0 Å². The maximum Gasteiger partial charge on any atom is 0.335 e. The minimum atomic E-state index is -1.25. The van der Waals surface area contributed by atoms with E-state index in [0.717, 1.165) is 5.69 Å². The molecule has 38 heavy (non-hydrogen) atoms. The minimum absolute atomic E-state index is 0.0631. The second-order valence-corrected chi connectivity index (χ2v) is 8.41. The largest absolute Gasteiger partial charge is 0.508 e. The van der Waals surface area contributed by atoms with E-state index in [1.54, 1.807) is 60.7 Å². The number of para-hydroxylation sites is 2. The Hall–Kier alpha value is -5.18. The first-order chi connectivity index (χ1) is 18.2. The first-order valence-corrected chi connectivity index (χ1v) is 11.5. The number of ketones is 1. The molecule has 1 aromatic heterocycles. The van der Waals surface area contributed by atoms with Gasteiger partial charge in [-0.05, 0) is 66.7 Å². The van der Waals surface area contributed by atoms with Crippen LogP contribution < -0.4 is 14.5 Å². The standard InChI is InChI=1S/C29H25N3O6/c1-18(33)32(26-6-4-5-7-27(26)38-3)23-15-19(14-20(16-23)29(36)37)28(35)25-13-10-22(17-30-25)31(2)21-8-11-24(34)12-9-21/h4-17,34H,1-3H3,(H,36,37). The number of pyridine rings is 1. The van der Waals surface area contributed by atoms with Crippen LogP contribution in [0.2, 0.25) is 0 Å². The molecular formula is C29H25N3O6. The summed E-state index contributed by atoms with van der Waals surface area (Å²) in [7, 11) is 3.29. The Morgan fingerprint density at radius 1 is 0.842 bits per heavy atom. The Balaban J connectivity index is 1.71. The van der Waals surface area contributed by atoms with Crippen LogP contribution in [0.15, 0.2) is 85.1 Å². The molecule has 0 bridgehead atoms. The maximum atomic E-state index is 13.4. The van der Waals surface area contributed by atoms with E-state index in [9.17, 15) is 24.6 Å². The number of carboxylic acids is 1. The molecule has 0 aliphatic carbocycles. The summed E-state index contributed by atoms with van der Waals surface area (Å²) in [5, 5.41) is 19.2. The molecule has 3 aromatic carbocycles. The fourth-order valence-corrected chi connectivity index (χ4v) is 3.99. The number of carbonyl (C=O) groups is 3. The highest BCUT2D eigenvalue weighted by atomic mass is 16.5. The molecule has 4 rings (SSSR count). The number of aromatic carboxylic acids is 1. The molecule has 9 heteroatoms. The molecule has 192 valence electrons. The van der Waals surface area contributed by atoms with Crippen LogP contribution in [-0.2, 0) is 4.79 Å². The fraction of sp³-hybridized carbons (Fsp3) is 0.103. The highest BCUT2D eigenvalue weighted by molar-refractivity contribution is 6.11. The number of ether oxygens (including phenoxy) is 1. The third kappa shape index (κ3) is 5.31. The lowest BCUT2D eigenvalue weighted by molar-refractivity contribution is -0.115. The van der Waals surface area contributed by atoms with E-state index in [2.05, 4.69) is 4.98 Å². The number of anilines is 4. The van der Waals surface area contributed by atoms with Gasteiger partial charge in [-0.25, -0.2) is 4.79 Å². The first-order valence-electron chi connectivity index (χ1n) is 11.5. The molecular weight excluding hydrogens is 486 g/mol. The number of nitrogens with zero attached hydrogens (tertiary/aromatic N) is 3. The molecule has 0 fully saturated rings. The average Bonchev–Trinajstić information content (AvgIpc) is 2.92. The van der Waals surface area contributed by atoms with Crippen molar-refractivity contribution >= 4 is 40.4 Å². The Labute approximate surface area is 219 Å². The van der Waals surface area contributed by atoms with Crippen LogP contribution in [0.5, 0.6) is 11.5 Å². The predicted molar refractivity (Wildman–Crippen MR) is 143 cm³/mol. The highest BCUT2D eigenvalue weighted by Gasteiger charge is 2.23. The molecule has 0 saturated heterocycles. The lowest BCUT2D eigenvalue weighted by Crippen LogP contribution is -2.24. The zero-order chi connectivity index (χ0) is 27.4. The van der Waals surface area contributed by atoms with Gasteiger partial charge >= 0.3 is 5.97 Å². The summed E-state index contributed by atoms with van der Waals surface area (Å²) in [6.07, 6.45) is 1.53. The number of aromatic nitrogens is 1. The number of rotatable bonds is 8. The molecule has 2 N–H and O–H groups in total. The third-order valence-electron chi connectivity index (χ3n) is 5.93. The number of aromatic hydroxyl groups is 1. The van der Waals surface area contributed by atoms with Gasteiger partial charge in [0.2, 0.25) is 11.7 Å². The molecule has 0 spiro atoms. The Kier molecular flexibility index (Phi) is 7.38. The number of phenolic OH excluding ortho intramolecular Hbond substituents is 1. The van der Waals surface area contributed by atoms with E-state index in [1.165, 1.54) is 43.3 Å². The van der Waals surface area contributed by atoms with Crippen LogP contribution in [0, 0.1) is 0 Å². The van der Waals surface area contributed by atoms with Gasteiger partial charge in [0, 0.05) is 25.2 Å². The van der Waals surface area contributed by atoms with Crippen molar-refractivity contribution in [2.75, 3.05) is 24.0 Å². The highest BCUT2D eigenvalue weighted by Crippen LogP contribution is 2.35. The van der Waals surface area contributed by atoms with E-state index >= 15 is 0 Å². The summed E-state index contributed by atoms with van der Waals surface area (Å²) in [5.41, 5.74) is 2.13. The minimum Gasteiger partial charge on any atom is -0.508 e. The average molecular weight is 512 g/mol. The van der Waals surface area contributed by atoms with Crippen LogP contribution >= 0.6 is 0 Å². The lowest BCUT2D eigenvalue weighted by Gasteiger charge is -2.24. The van der Waals surface area contributed by atoms with Gasteiger partial charge in [0.05, 0.1) is 35.9 Å². The van der Waals surface area contributed by atoms with Crippen LogP contribution in [0.4, 0.5) is 22.7 Å². The van der Waals surface area contributed by atoms with Crippen LogP contribution in [0.1, 0.15) is 33.3 Å². The number of amides is 1. The zero-order valence-corrected chi connectivity index (χ0v) is 21.0. The molecule has 0 aliphatic heterocycles. The summed E-state index contributed by atoms with van der Waals surface area (Å²) >= 11 is 0. The number of benzene rings is 3. The summed E-state index contributed by atoms with van der Waals surface area (Å²) in [6, 6.07) is 20.8. The van der Waals surface area contributed by atoms with E-state index in [1.807, 2.05) is 11.9 Å². The molecule has 0 atom stereocenters. The number of methoxy groups -OCH3 is 1. The number of carboxylic acid groups (broad SMARTS) is 1. The first kappa shape index (κ1) is 25.9. The molecule has 9 nitrogen and oxygen atoms in total. The van der Waals surface area contributed by atoms with Gasteiger partial charge < -0.3 is 19.8 Å². The number of hydrogen-bond donors (Lipinski definition) is 2. The maximum absolute atomic E-state index is 13.4. The fourth-order valence-electron chi connectivity index (χ4n) is 3.99. The Morgan fingerprint density at radius 2 is 1.50 bits per heavy atom. The van der Waals surface area contributed by atoms with E-state index < -0.39 is 17.7 Å². The lowest BCUT2D eigenvalue weighted by atomic mass is 10.0. The smallest absolute Gasteiger partial charge is 0.335 e. The number of phenols is 1. The van der Waals surface area contributed by atoms with Crippen molar-refractivity contribution in [2.24, 2.45) is 0 Å². The molecule has 4 aromatic rings. The molecule has 0 saturated carbocycles. The second kappa shape index (κ2) is 10.8. The normalized spacial score (nSPS) is 10.5. The van der Waals surface area contributed by atoms with Gasteiger partial charge in [-0.3, -0.25) is 19.5 Å². The Morgan fingerprint density at radius 3 is 2.11 bits per heavy atom. The Bertz CT molecular complexity index is 1500. The van der Waals surface area contributed by atoms with Crippen molar-refractivity contribution in [3.05, 3.63) is 102 Å². The second-order valence-electron chi connectivity index (χ2n) is 8.41. The van der Waals surface area contributed by atoms with Crippen LogP contribution in [0.3, 0.4) is 0 Å². The van der Waals surface area contributed by atoms with Crippen LogP contribution in [0.25, 0.3) is 0 Å². The van der Waals surface area contributed by atoms with Crippen molar-refractivity contribution in [1.29, 1.82) is 0 Å². The SMILES string of the molecule is COc1ccccc1N(C(C)=O)c1cc(C(=O)O)cc(C(=O)c2ccc(N(C)c3ccc(O)cc3)cn2)c1. The predicted octanol–water partition coefficient (Wildman–Crippen LogP) is 5.18. The topological polar surface area (TPSA) is 120 Å². The zero-order valence-electron chi connectivity index (χ0n) is 21.0. The third-order valence-corrected chi connectivity index (χ3v) is 5.93. The molecule has 1 heterocycles. The number of carbonyl (C=O) groups excluding carboxylic acids is 2. The summed E-state index contributed by atoms with van der Waals surface area (Å²) in [4.78, 5) is 45.4. The summed E-state index contributed by atoms with van der Waals surface area (Å²) in [5.74, 6) is -1.58. The summed E-state index contributed by atoms with van der Waals surface area (Å²) in [6.45, 7) is 1.34. The number of hydrogen-bond acceptors (Lipinski definition) is 7. The van der Waals surface area contributed by atoms with E-state index in [4.69, 9.17) is 4.74 Å². The van der Waals surface area contributed by atoms with Crippen LogP contribution in [-0.4, -0.2) is 47.0 Å². The van der Waals surface area contributed by atoms with Gasteiger partial charge in [0.1, 0.15) is 17.2 Å². The van der Waals surface area contributed by atoms with Gasteiger partial charge in [0.25, 0.3) is 0 Å². The van der Waals surface area contributed by atoms with Gasteiger partial charge in [-0.2, -0.15) is 0 Å². The quantitative estimate of drug-likeness (QED) is 0.311. The van der Waals surface area contributed by atoms with Crippen molar-refractivity contribution in [1.82, 2.24) is 4.98 Å². The van der Waals surface area contributed by atoms with E-state index in [-0.39, 0.29) is 28.3 Å². The summed E-state index contributed by atoms with van der Waals surface area (Å²) < 4.78 is 5.39. The van der Waals surface area contributed by atoms with Crippen molar-refractivity contribution in [3.63, 3.8) is 0 Å². The van der Waals surface area contributed by atoms with E-state index in [0.29, 0.717) is 17.1 Å². The molecule has 1 amide bonds. The molecule has 0 radical (unpaired) electrons. The van der Waals surface area contributed by atoms with Crippen molar-refractivity contribution in [3.8, 4) is 11.5 Å². The molecule has 0 unspecified atom stereocenters.